The van der Waals surface area contributed by atoms with E-state index in [-0.39, 0.29) is 28.3 Å². The van der Waals surface area contributed by atoms with E-state index in [0.717, 1.165) is 15.8 Å². The Bertz CT molecular complexity index is 1910. The highest BCUT2D eigenvalue weighted by atomic mass is 35.5. The number of aromatic nitrogens is 3. The number of rotatable bonds is 4. The van der Waals surface area contributed by atoms with E-state index in [1.807, 2.05) is 0 Å². The summed E-state index contributed by atoms with van der Waals surface area (Å²) in [4.78, 5) is 45.2. The molecule has 4 aromatic rings. The van der Waals surface area contributed by atoms with Gasteiger partial charge in [-0.3, -0.25) is 9.59 Å². The zero-order valence-corrected chi connectivity index (χ0v) is 23.7. The molecule has 2 atom stereocenters. The molecule has 2 aromatic carbocycles. The number of benzene rings is 2. The molecule has 2 aromatic heterocycles. The van der Waals surface area contributed by atoms with Gasteiger partial charge in [0.05, 0.1) is 33.1 Å². The number of primary amides is 1. The number of aromatic amines is 2. The lowest BCUT2D eigenvalue weighted by molar-refractivity contribution is -0.119. The SMILES string of the molecule is Cc1c(C2=C(F)C[C@H](C(N)=O)c3[nH]c4c(c32)CC[C@H](C(C)(C)O)C4)cccc1-n1c(=O)[nH]c2c(Cl)cccc2c1=O. The first-order valence-electron chi connectivity index (χ1n) is 13.6. The Balaban J connectivity index is 1.56. The molecule has 0 aliphatic heterocycles. The molecule has 2 aliphatic carbocycles. The number of halogens is 2. The van der Waals surface area contributed by atoms with Crippen LogP contribution in [0.3, 0.4) is 0 Å². The normalized spacial score (nSPS) is 18.9. The van der Waals surface area contributed by atoms with Gasteiger partial charge in [0, 0.05) is 28.9 Å². The second kappa shape index (κ2) is 9.56. The molecule has 1 amide bonds. The van der Waals surface area contributed by atoms with Crippen LogP contribution >= 0.6 is 11.6 Å². The minimum atomic E-state index is -0.897. The Labute approximate surface area is 239 Å². The maximum atomic E-state index is 16.1. The first kappa shape index (κ1) is 27.2. The summed E-state index contributed by atoms with van der Waals surface area (Å²) in [5.41, 5.74) is 8.46. The minimum Gasteiger partial charge on any atom is -0.390 e. The Morgan fingerprint density at radius 1 is 1.15 bits per heavy atom. The molecule has 0 bridgehead atoms. The van der Waals surface area contributed by atoms with Crippen LogP contribution in [0.5, 0.6) is 0 Å². The fourth-order valence-corrected chi connectivity index (χ4v) is 6.71. The lowest BCUT2D eigenvalue weighted by Gasteiger charge is -2.33. The van der Waals surface area contributed by atoms with E-state index in [1.165, 1.54) is 0 Å². The highest BCUT2D eigenvalue weighted by Crippen LogP contribution is 2.48. The van der Waals surface area contributed by atoms with Gasteiger partial charge in [-0.25, -0.2) is 13.8 Å². The molecule has 0 spiro atoms. The number of carbonyl (C=O) groups is 1. The average molecular weight is 577 g/mol. The molecular weight excluding hydrogens is 547 g/mol. The quantitative estimate of drug-likeness (QED) is 0.284. The number of nitrogens with one attached hydrogen (secondary N) is 2. The first-order chi connectivity index (χ1) is 19.4. The molecule has 10 heteroatoms. The van der Waals surface area contributed by atoms with Crippen molar-refractivity contribution < 1.29 is 14.3 Å². The second-order valence-corrected chi connectivity index (χ2v) is 12.0. The van der Waals surface area contributed by atoms with Crippen molar-refractivity contribution in [3.8, 4) is 5.69 Å². The van der Waals surface area contributed by atoms with Crippen molar-refractivity contribution in [2.75, 3.05) is 0 Å². The topological polar surface area (TPSA) is 134 Å². The number of hydrogen-bond donors (Lipinski definition) is 4. The average Bonchev–Trinajstić information content (AvgIpc) is 3.28. The van der Waals surface area contributed by atoms with Crippen molar-refractivity contribution in [1.29, 1.82) is 0 Å². The Hall–Kier alpha value is -3.95. The minimum absolute atomic E-state index is 0.00974. The highest BCUT2D eigenvalue weighted by molar-refractivity contribution is 6.34. The number of fused-ring (bicyclic) bond motifs is 4. The summed E-state index contributed by atoms with van der Waals surface area (Å²) >= 11 is 6.22. The maximum absolute atomic E-state index is 16.1. The third-order valence-electron chi connectivity index (χ3n) is 8.71. The monoisotopic (exact) mass is 576 g/mol. The van der Waals surface area contributed by atoms with Crippen molar-refractivity contribution in [3.05, 3.63) is 102 Å². The third-order valence-corrected chi connectivity index (χ3v) is 9.02. The van der Waals surface area contributed by atoms with E-state index in [9.17, 15) is 19.5 Å². The van der Waals surface area contributed by atoms with Crippen LogP contribution in [0, 0.1) is 12.8 Å². The summed E-state index contributed by atoms with van der Waals surface area (Å²) < 4.78 is 17.2. The van der Waals surface area contributed by atoms with Gasteiger partial charge in [0.15, 0.2) is 0 Å². The van der Waals surface area contributed by atoms with Gasteiger partial charge in [-0.2, -0.15) is 0 Å². The van der Waals surface area contributed by atoms with Gasteiger partial charge in [0.2, 0.25) is 5.91 Å². The molecule has 0 saturated carbocycles. The van der Waals surface area contributed by atoms with Crippen LogP contribution in [0.2, 0.25) is 5.02 Å². The number of hydrogen-bond acceptors (Lipinski definition) is 4. The van der Waals surface area contributed by atoms with E-state index < -0.39 is 34.5 Å². The highest BCUT2D eigenvalue weighted by Gasteiger charge is 2.40. The van der Waals surface area contributed by atoms with Crippen molar-refractivity contribution in [2.24, 2.45) is 11.7 Å². The summed E-state index contributed by atoms with van der Waals surface area (Å²) in [6.45, 7) is 5.30. The van der Waals surface area contributed by atoms with Gasteiger partial charge in [-0.15, -0.1) is 0 Å². The van der Waals surface area contributed by atoms with E-state index in [2.05, 4.69) is 9.97 Å². The molecule has 6 rings (SSSR count). The molecule has 0 saturated heterocycles. The summed E-state index contributed by atoms with van der Waals surface area (Å²) in [5.74, 6) is -1.99. The molecule has 212 valence electrons. The number of carbonyl (C=O) groups excluding carboxylic acids is 1. The third kappa shape index (κ3) is 4.26. The van der Waals surface area contributed by atoms with Crippen molar-refractivity contribution in [2.45, 2.75) is 58.0 Å². The zero-order valence-electron chi connectivity index (χ0n) is 22.9. The van der Waals surface area contributed by atoms with E-state index in [4.69, 9.17) is 17.3 Å². The Morgan fingerprint density at radius 3 is 2.59 bits per heavy atom. The fourth-order valence-electron chi connectivity index (χ4n) is 6.48. The fraction of sp³-hybridized carbons (Fsp3) is 0.323. The molecule has 8 nitrogen and oxygen atoms in total. The number of H-pyrrole nitrogens is 2. The van der Waals surface area contributed by atoms with Crippen LogP contribution in [0.4, 0.5) is 4.39 Å². The molecule has 0 fully saturated rings. The number of nitrogens with zero attached hydrogens (tertiary/aromatic N) is 1. The lowest BCUT2D eigenvalue weighted by atomic mass is 9.75. The maximum Gasteiger partial charge on any atom is 0.333 e. The summed E-state index contributed by atoms with van der Waals surface area (Å²) in [5, 5.41) is 11.2. The van der Waals surface area contributed by atoms with Crippen molar-refractivity contribution in [1.82, 2.24) is 14.5 Å². The molecule has 0 unspecified atom stereocenters. The Kier molecular flexibility index (Phi) is 6.35. The van der Waals surface area contributed by atoms with Gasteiger partial charge < -0.3 is 20.8 Å². The van der Waals surface area contributed by atoms with Crippen LogP contribution in [-0.4, -0.2) is 31.1 Å². The van der Waals surface area contributed by atoms with Crippen LogP contribution in [0.25, 0.3) is 22.2 Å². The van der Waals surface area contributed by atoms with E-state index in [0.29, 0.717) is 52.9 Å². The predicted molar refractivity (Wildman–Crippen MR) is 156 cm³/mol. The number of allylic oxidation sites excluding steroid dienone is 1. The zero-order chi connectivity index (χ0) is 29.4. The Morgan fingerprint density at radius 2 is 1.88 bits per heavy atom. The van der Waals surface area contributed by atoms with Gasteiger partial charge in [0.1, 0.15) is 5.83 Å². The second-order valence-electron chi connectivity index (χ2n) is 11.6. The van der Waals surface area contributed by atoms with Crippen LogP contribution in [-0.2, 0) is 17.6 Å². The van der Waals surface area contributed by atoms with Crippen LogP contribution in [0.1, 0.15) is 66.2 Å². The van der Waals surface area contributed by atoms with Gasteiger partial charge >= 0.3 is 5.69 Å². The van der Waals surface area contributed by atoms with Gasteiger partial charge in [-0.1, -0.05) is 29.8 Å². The largest absolute Gasteiger partial charge is 0.390 e. The molecule has 41 heavy (non-hydrogen) atoms. The number of aliphatic hydroxyl groups is 1. The van der Waals surface area contributed by atoms with Crippen LogP contribution < -0.4 is 17.0 Å². The van der Waals surface area contributed by atoms with Gasteiger partial charge in [0.25, 0.3) is 5.56 Å². The molecular formula is C31H30ClFN4O4. The summed E-state index contributed by atoms with van der Waals surface area (Å²) in [6.07, 6.45) is 1.63. The molecule has 0 radical (unpaired) electrons. The first-order valence-corrected chi connectivity index (χ1v) is 13.9. The summed E-state index contributed by atoms with van der Waals surface area (Å²) in [7, 11) is 0. The molecule has 5 N–H and O–H groups in total. The number of nitrogens with two attached hydrogens (primary N) is 1. The van der Waals surface area contributed by atoms with E-state index >= 15 is 4.39 Å². The summed E-state index contributed by atoms with van der Waals surface area (Å²) in [6, 6.07) is 9.87. The van der Waals surface area contributed by atoms with Gasteiger partial charge in [-0.05, 0) is 80.8 Å². The number of para-hydroxylation sites is 1. The smallest absolute Gasteiger partial charge is 0.333 e. The van der Waals surface area contributed by atoms with Crippen molar-refractivity contribution in [3.63, 3.8) is 0 Å². The standard InChI is InChI=1S/C31H30ClFN4O4/c1-14-16(6-5-9-23(14)37-29(39)18-7-4-8-20(32)26(18)36-30(37)40)24-21(33)13-19(28(34)38)27-25(24)17-11-10-15(31(2,3)41)12-22(17)35-27/h4-9,15,19,35,41H,10-13H2,1-3H3,(H2,34,38)(H,36,40)/t15-,19-/m0/s1. The number of amides is 1. The lowest BCUT2D eigenvalue weighted by Crippen LogP contribution is -2.35. The predicted octanol–water partition coefficient (Wildman–Crippen LogP) is 4.55. The van der Waals surface area contributed by atoms with Crippen LogP contribution in [0.15, 0.2) is 51.8 Å². The van der Waals surface area contributed by atoms with E-state index in [1.54, 1.807) is 57.2 Å². The molecule has 2 aliphatic rings. The van der Waals surface area contributed by atoms with Crippen molar-refractivity contribution >= 4 is 34.0 Å². The molecule has 2 heterocycles.